The molecule has 0 N–H and O–H groups in total. The molecule has 2 nitrogen and oxygen atoms in total. The van der Waals surface area contributed by atoms with Crippen LogP contribution in [0.4, 0.5) is 4.39 Å². The normalized spacial score (nSPS) is 14.0. The molecule has 0 aliphatic carbocycles. The number of allylic oxidation sites excluding steroid dienone is 4. The summed E-state index contributed by atoms with van der Waals surface area (Å²) in [6.07, 6.45) is 5.39. The second-order valence-corrected chi connectivity index (χ2v) is 5.02. The van der Waals surface area contributed by atoms with Crippen LogP contribution in [-0.2, 0) is 4.79 Å². The molecule has 0 heterocycles. The van der Waals surface area contributed by atoms with Gasteiger partial charge in [-0.25, -0.2) is 8.70 Å². The fourth-order valence-electron chi connectivity index (χ4n) is 1.17. The Hall–Kier alpha value is -0.870. The van der Waals surface area contributed by atoms with Gasteiger partial charge in [-0.05, 0) is 38.8 Å². The van der Waals surface area contributed by atoms with E-state index < -0.39 is 5.54 Å². The molecule has 0 unspecified atom stereocenters. The topological polar surface area (TPSA) is 20.3 Å². The molecule has 0 saturated heterocycles. The third-order valence-corrected chi connectivity index (χ3v) is 3.66. The molecular formula is C13H20FNOS. The Kier molecular flexibility index (Phi) is 7.07. The zero-order valence-electron chi connectivity index (χ0n) is 10.9. The molecule has 4 heteroatoms. The zero-order chi connectivity index (χ0) is 13.5. The van der Waals surface area contributed by atoms with Crippen molar-refractivity contribution in [3.05, 3.63) is 35.5 Å². The first kappa shape index (κ1) is 16.1. The molecule has 0 fully saturated rings. The van der Waals surface area contributed by atoms with Gasteiger partial charge in [0.25, 0.3) is 0 Å². The van der Waals surface area contributed by atoms with Crippen molar-refractivity contribution in [1.82, 2.24) is 4.31 Å². The Bertz CT molecular complexity index is 334. The molecule has 0 aliphatic rings. The number of aldehydes is 1. The van der Waals surface area contributed by atoms with Crippen LogP contribution in [0.3, 0.4) is 0 Å². The van der Waals surface area contributed by atoms with Crippen LogP contribution in [0.25, 0.3) is 0 Å². The molecule has 0 rings (SSSR count). The van der Waals surface area contributed by atoms with Gasteiger partial charge in [0.05, 0.1) is 10.4 Å². The van der Waals surface area contributed by atoms with Gasteiger partial charge in [0, 0.05) is 6.54 Å². The van der Waals surface area contributed by atoms with Crippen LogP contribution in [-0.4, -0.2) is 22.7 Å². The number of hydrogen-bond donors (Lipinski definition) is 0. The molecule has 0 aromatic carbocycles. The van der Waals surface area contributed by atoms with Gasteiger partial charge < -0.3 is 4.79 Å². The van der Waals surface area contributed by atoms with Gasteiger partial charge in [-0.2, -0.15) is 0 Å². The standard InChI is InChI=1S/C13H20FNOS/c1-6-9-12(11(14)7-2)17-15(8-3)13(4,5)10-16/h6-7,9-10H,1,8H2,2-5H3/b11-7+,12-9+. The predicted octanol–water partition coefficient (Wildman–Crippen LogP) is 3.88. The lowest BCUT2D eigenvalue weighted by Gasteiger charge is -2.32. The highest BCUT2D eigenvalue weighted by Gasteiger charge is 2.27. The first-order chi connectivity index (χ1) is 7.92. The van der Waals surface area contributed by atoms with Crippen molar-refractivity contribution in [2.45, 2.75) is 33.2 Å². The van der Waals surface area contributed by atoms with Crippen LogP contribution in [0.15, 0.2) is 35.5 Å². The van der Waals surface area contributed by atoms with Gasteiger partial charge in [-0.15, -0.1) is 0 Å². The Balaban J connectivity index is 5.04. The SMILES string of the molecule is C=C/C=C(SN(CC)C(C)(C)C=O)\C(F)=C/C. The maximum absolute atomic E-state index is 13.6. The lowest BCUT2D eigenvalue weighted by Crippen LogP contribution is -2.40. The van der Waals surface area contributed by atoms with Crippen molar-refractivity contribution in [1.29, 1.82) is 0 Å². The van der Waals surface area contributed by atoms with Gasteiger partial charge in [-0.3, -0.25) is 0 Å². The summed E-state index contributed by atoms with van der Waals surface area (Å²) < 4.78 is 15.4. The quantitative estimate of drug-likeness (QED) is 0.392. The second kappa shape index (κ2) is 7.45. The third-order valence-electron chi connectivity index (χ3n) is 2.19. The molecular weight excluding hydrogens is 237 g/mol. The van der Waals surface area contributed by atoms with E-state index in [0.29, 0.717) is 11.4 Å². The highest BCUT2D eigenvalue weighted by atomic mass is 32.2. The number of rotatable bonds is 7. The van der Waals surface area contributed by atoms with Crippen LogP contribution in [0.1, 0.15) is 27.7 Å². The zero-order valence-corrected chi connectivity index (χ0v) is 11.7. The largest absolute Gasteiger partial charge is 0.301 e. The van der Waals surface area contributed by atoms with E-state index in [0.717, 1.165) is 6.29 Å². The van der Waals surface area contributed by atoms with E-state index in [-0.39, 0.29) is 5.83 Å². The van der Waals surface area contributed by atoms with E-state index in [1.807, 2.05) is 11.2 Å². The first-order valence-corrected chi connectivity index (χ1v) is 6.27. The second-order valence-electron chi connectivity index (χ2n) is 3.96. The van der Waals surface area contributed by atoms with Gasteiger partial charge in [0.1, 0.15) is 12.1 Å². The van der Waals surface area contributed by atoms with E-state index in [9.17, 15) is 9.18 Å². The summed E-state index contributed by atoms with van der Waals surface area (Å²) in [5.41, 5.74) is -0.631. The summed E-state index contributed by atoms with van der Waals surface area (Å²) in [6, 6.07) is 0. The molecule has 0 amide bonds. The highest BCUT2D eigenvalue weighted by Crippen LogP contribution is 2.32. The van der Waals surface area contributed by atoms with E-state index in [2.05, 4.69) is 6.58 Å². The van der Waals surface area contributed by atoms with Crippen molar-refractivity contribution < 1.29 is 9.18 Å². The van der Waals surface area contributed by atoms with Crippen LogP contribution in [0.2, 0.25) is 0 Å². The molecule has 0 aromatic heterocycles. The maximum Gasteiger partial charge on any atom is 0.140 e. The van der Waals surface area contributed by atoms with Crippen LogP contribution in [0.5, 0.6) is 0 Å². The molecule has 0 atom stereocenters. The maximum atomic E-state index is 13.6. The lowest BCUT2D eigenvalue weighted by molar-refractivity contribution is -0.114. The van der Waals surface area contributed by atoms with E-state index >= 15 is 0 Å². The van der Waals surface area contributed by atoms with E-state index in [4.69, 9.17) is 0 Å². The van der Waals surface area contributed by atoms with Crippen LogP contribution >= 0.6 is 11.9 Å². The van der Waals surface area contributed by atoms with Crippen molar-refractivity contribution in [2.75, 3.05) is 6.54 Å². The van der Waals surface area contributed by atoms with Crippen molar-refractivity contribution >= 4 is 18.2 Å². The summed E-state index contributed by atoms with van der Waals surface area (Å²) in [5, 5.41) is 0. The van der Waals surface area contributed by atoms with E-state index in [1.54, 1.807) is 26.8 Å². The smallest absolute Gasteiger partial charge is 0.140 e. The molecule has 0 radical (unpaired) electrons. The molecule has 17 heavy (non-hydrogen) atoms. The highest BCUT2D eigenvalue weighted by molar-refractivity contribution is 8.01. The number of halogens is 1. The predicted molar refractivity (Wildman–Crippen MR) is 73.3 cm³/mol. The van der Waals surface area contributed by atoms with Crippen LogP contribution in [0, 0.1) is 0 Å². The van der Waals surface area contributed by atoms with Gasteiger partial charge >= 0.3 is 0 Å². The summed E-state index contributed by atoms with van der Waals surface area (Å²) in [5.74, 6) is -0.310. The number of hydrogen-bond acceptors (Lipinski definition) is 3. The Morgan fingerprint density at radius 2 is 2.12 bits per heavy atom. The number of carbonyl (C=O) groups is 1. The average molecular weight is 257 g/mol. The van der Waals surface area contributed by atoms with Crippen molar-refractivity contribution in [3.8, 4) is 0 Å². The fraction of sp³-hybridized carbons (Fsp3) is 0.462. The first-order valence-electron chi connectivity index (χ1n) is 5.49. The van der Waals surface area contributed by atoms with Crippen LogP contribution < -0.4 is 0 Å². The average Bonchev–Trinajstić information content (AvgIpc) is 2.33. The number of nitrogens with zero attached hydrogens (tertiary/aromatic N) is 1. The lowest BCUT2D eigenvalue weighted by atomic mass is 10.1. The van der Waals surface area contributed by atoms with E-state index in [1.165, 1.54) is 24.1 Å². The molecule has 0 spiro atoms. The Morgan fingerprint density at radius 3 is 2.47 bits per heavy atom. The summed E-state index contributed by atoms with van der Waals surface area (Å²) in [4.78, 5) is 11.5. The minimum Gasteiger partial charge on any atom is -0.301 e. The third kappa shape index (κ3) is 4.88. The fourth-order valence-corrected chi connectivity index (χ4v) is 2.18. The molecule has 0 aliphatic heterocycles. The van der Waals surface area contributed by atoms with Crippen molar-refractivity contribution in [2.24, 2.45) is 0 Å². The monoisotopic (exact) mass is 257 g/mol. The summed E-state index contributed by atoms with van der Waals surface area (Å²) in [6.45, 7) is 11.4. The summed E-state index contributed by atoms with van der Waals surface area (Å²) >= 11 is 1.23. The van der Waals surface area contributed by atoms with Crippen molar-refractivity contribution in [3.63, 3.8) is 0 Å². The number of likely N-dealkylation sites (N-methyl/N-ethyl adjacent to an activating group) is 1. The summed E-state index contributed by atoms with van der Waals surface area (Å²) in [7, 11) is 0. The molecule has 96 valence electrons. The minimum atomic E-state index is -0.631. The number of carbonyl (C=O) groups excluding carboxylic acids is 1. The Morgan fingerprint density at radius 1 is 1.53 bits per heavy atom. The molecule has 0 bridgehead atoms. The molecule has 0 saturated carbocycles. The van der Waals surface area contributed by atoms with Gasteiger partial charge in [0.15, 0.2) is 0 Å². The Labute approximate surface area is 107 Å². The minimum absolute atomic E-state index is 0.310. The van der Waals surface area contributed by atoms with Gasteiger partial charge in [0.2, 0.25) is 0 Å². The molecule has 0 aromatic rings. The van der Waals surface area contributed by atoms with Gasteiger partial charge in [-0.1, -0.05) is 25.7 Å².